The fraction of sp³-hybridized carbons (Fsp3) is 0.212. The van der Waals surface area contributed by atoms with E-state index in [4.69, 9.17) is 4.84 Å². The molecule has 1 N–H and O–H groups in total. The van der Waals surface area contributed by atoms with Crippen LogP contribution in [0.25, 0.3) is 32.6 Å². The molecule has 40 heavy (non-hydrogen) atoms. The van der Waals surface area contributed by atoms with Crippen molar-refractivity contribution in [2.75, 3.05) is 0 Å². The lowest BCUT2D eigenvalue weighted by atomic mass is 9.96. The first-order valence-corrected chi connectivity index (χ1v) is 13.4. The highest BCUT2D eigenvalue weighted by Gasteiger charge is 2.18. The zero-order valence-electron chi connectivity index (χ0n) is 23.0. The van der Waals surface area contributed by atoms with Crippen LogP contribution in [-0.4, -0.2) is 34.0 Å². The Labute approximate surface area is 232 Å². The molecule has 7 heteroatoms. The second-order valence-electron chi connectivity index (χ2n) is 9.99. The molecule has 1 amide bonds. The lowest BCUT2D eigenvalue weighted by Crippen LogP contribution is -2.32. The fourth-order valence-corrected chi connectivity index (χ4v) is 5.36. The van der Waals surface area contributed by atoms with Crippen molar-refractivity contribution in [3.05, 3.63) is 95.6 Å². The number of oxime groups is 1. The number of nitrogens with zero attached hydrogens (tertiary/aromatic N) is 2. The number of rotatable bonds is 8. The molecule has 0 aliphatic carbocycles. The van der Waals surface area contributed by atoms with Crippen molar-refractivity contribution in [3.63, 3.8) is 0 Å². The third kappa shape index (κ3) is 5.23. The van der Waals surface area contributed by atoms with Crippen LogP contribution in [-0.2, 0) is 21.0 Å². The number of nitrogens with one attached hydrogen (secondary N) is 1. The van der Waals surface area contributed by atoms with Crippen LogP contribution in [0.1, 0.15) is 55.6 Å². The van der Waals surface area contributed by atoms with Crippen molar-refractivity contribution in [1.29, 1.82) is 0 Å². The Morgan fingerprint density at radius 3 is 2.17 bits per heavy atom. The van der Waals surface area contributed by atoms with Crippen LogP contribution in [0.3, 0.4) is 0 Å². The van der Waals surface area contributed by atoms with Gasteiger partial charge in [-0.15, -0.1) is 0 Å². The minimum absolute atomic E-state index is 0.0338. The SMILES string of the molecule is CCn1c2ccc(C(=O)c3cccc4ccccc34)cc2c2cc(/C(CC(C)NC(C)=O)=N\OC(C)=O)ccc21. The fourth-order valence-electron chi connectivity index (χ4n) is 5.36. The van der Waals surface area contributed by atoms with Gasteiger partial charge in [-0.1, -0.05) is 53.7 Å². The van der Waals surface area contributed by atoms with E-state index in [9.17, 15) is 14.4 Å². The van der Waals surface area contributed by atoms with E-state index in [1.807, 2.05) is 85.8 Å². The lowest BCUT2D eigenvalue weighted by Gasteiger charge is -2.14. The maximum atomic E-state index is 13.7. The third-order valence-corrected chi connectivity index (χ3v) is 7.04. The normalized spacial score (nSPS) is 12.6. The van der Waals surface area contributed by atoms with Gasteiger partial charge in [-0.05, 0) is 55.0 Å². The Balaban J connectivity index is 1.63. The third-order valence-electron chi connectivity index (χ3n) is 7.04. The molecule has 0 spiro atoms. The number of hydrogen-bond acceptors (Lipinski definition) is 5. The van der Waals surface area contributed by atoms with Crippen LogP contribution >= 0.6 is 0 Å². The molecule has 1 heterocycles. The van der Waals surface area contributed by atoms with Crippen LogP contribution in [0, 0.1) is 0 Å². The van der Waals surface area contributed by atoms with Crippen LogP contribution in [0.15, 0.2) is 84.0 Å². The van der Waals surface area contributed by atoms with Gasteiger partial charge >= 0.3 is 5.97 Å². The average molecular weight is 534 g/mol. The summed E-state index contributed by atoms with van der Waals surface area (Å²) in [5, 5.41) is 10.8. The molecule has 5 aromatic rings. The van der Waals surface area contributed by atoms with Crippen LogP contribution in [0.5, 0.6) is 0 Å². The highest BCUT2D eigenvalue weighted by molar-refractivity contribution is 6.19. The van der Waals surface area contributed by atoms with E-state index in [-0.39, 0.29) is 17.7 Å². The average Bonchev–Trinajstić information content (AvgIpc) is 3.26. The quantitative estimate of drug-likeness (QED) is 0.108. The number of amides is 1. The van der Waals surface area contributed by atoms with E-state index in [1.165, 1.54) is 13.8 Å². The van der Waals surface area contributed by atoms with Gasteiger partial charge < -0.3 is 14.7 Å². The summed E-state index contributed by atoms with van der Waals surface area (Å²) < 4.78 is 2.21. The molecule has 0 fully saturated rings. The van der Waals surface area contributed by atoms with E-state index in [0.717, 1.165) is 44.7 Å². The molecule has 202 valence electrons. The zero-order valence-corrected chi connectivity index (χ0v) is 23.0. The van der Waals surface area contributed by atoms with Crippen molar-refractivity contribution >= 4 is 55.9 Å². The van der Waals surface area contributed by atoms with Gasteiger partial charge in [0.05, 0.1) is 5.71 Å². The molecule has 0 saturated carbocycles. The van der Waals surface area contributed by atoms with Gasteiger partial charge in [0, 0.05) is 71.4 Å². The maximum Gasteiger partial charge on any atom is 0.331 e. The van der Waals surface area contributed by atoms with Crippen LogP contribution < -0.4 is 5.32 Å². The largest absolute Gasteiger partial charge is 0.353 e. The Bertz CT molecular complexity index is 1810. The molecule has 0 aliphatic heterocycles. The van der Waals surface area contributed by atoms with Crippen molar-refractivity contribution in [2.45, 2.75) is 46.7 Å². The van der Waals surface area contributed by atoms with Gasteiger partial charge in [-0.25, -0.2) is 4.79 Å². The molecule has 0 radical (unpaired) electrons. The Morgan fingerprint density at radius 1 is 0.850 bits per heavy atom. The summed E-state index contributed by atoms with van der Waals surface area (Å²) in [4.78, 5) is 41.9. The molecule has 4 aromatic carbocycles. The number of hydrogen-bond donors (Lipinski definition) is 1. The molecule has 0 saturated heterocycles. The Kier molecular flexibility index (Phi) is 7.47. The van der Waals surface area contributed by atoms with Crippen molar-refractivity contribution in [2.24, 2.45) is 5.16 Å². The summed E-state index contributed by atoms with van der Waals surface area (Å²) in [5.41, 5.74) is 4.63. The Morgan fingerprint density at radius 2 is 1.50 bits per heavy atom. The molecular formula is C33H31N3O4. The molecule has 1 atom stereocenters. The zero-order chi connectivity index (χ0) is 28.4. The van der Waals surface area contributed by atoms with E-state index in [1.54, 1.807) is 0 Å². The minimum atomic E-state index is -0.523. The van der Waals surface area contributed by atoms with Gasteiger partial charge in [0.2, 0.25) is 5.91 Å². The number of ketones is 1. The summed E-state index contributed by atoms with van der Waals surface area (Å²) in [6.45, 7) is 7.47. The van der Waals surface area contributed by atoms with Crippen molar-refractivity contribution in [1.82, 2.24) is 9.88 Å². The minimum Gasteiger partial charge on any atom is -0.353 e. The number of carbonyl (C=O) groups is 3. The van der Waals surface area contributed by atoms with Gasteiger partial charge in [0.1, 0.15) is 0 Å². The number of aromatic nitrogens is 1. The smallest absolute Gasteiger partial charge is 0.331 e. The molecule has 0 bridgehead atoms. The highest BCUT2D eigenvalue weighted by Crippen LogP contribution is 2.32. The number of fused-ring (bicyclic) bond motifs is 4. The van der Waals surface area contributed by atoms with Crippen molar-refractivity contribution < 1.29 is 19.2 Å². The molecule has 0 aliphatic rings. The monoisotopic (exact) mass is 533 g/mol. The summed E-state index contributed by atoms with van der Waals surface area (Å²) in [7, 11) is 0. The van der Waals surface area contributed by atoms with Gasteiger partial charge in [0.15, 0.2) is 5.78 Å². The van der Waals surface area contributed by atoms with E-state index < -0.39 is 5.97 Å². The summed E-state index contributed by atoms with van der Waals surface area (Å²) in [6, 6.07) is 25.3. The van der Waals surface area contributed by atoms with Gasteiger partial charge in [-0.2, -0.15) is 0 Å². The standard InChI is InChI=1S/C33H31N3O4/c1-5-36-31-15-13-24(30(35-40-22(4)38)17-20(2)34-21(3)37)18-28(31)29-19-25(14-16-32(29)36)33(39)27-12-8-10-23-9-6-7-11-26(23)27/h6-16,18-20H,5,17H2,1-4H3,(H,34,37)/b35-30-. The highest BCUT2D eigenvalue weighted by atomic mass is 16.7. The molecule has 1 aromatic heterocycles. The number of benzene rings is 4. The van der Waals surface area contributed by atoms with E-state index in [2.05, 4.69) is 22.0 Å². The van der Waals surface area contributed by atoms with Crippen LogP contribution in [0.4, 0.5) is 0 Å². The molecule has 1 unspecified atom stereocenters. The summed E-state index contributed by atoms with van der Waals surface area (Å²) in [6.07, 6.45) is 0.371. The number of carbonyl (C=O) groups excluding carboxylic acids is 3. The first-order chi connectivity index (χ1) is 19.3. The summed E-state index contributed by atoms with van der Waals surface area (Å²) >= 11 is 0. The van der Waals surface area contributed by atoms with Gasteiger partial charge in [0.25, 0.3) is 0 Å². The lowest BCUT2D eigenvalue weighted by molar-refractivity contribution is -0.141. The molecule has 5 rings (SSSR count). The topological polar surface area (TPSA) is 89.8 Å². The second kappa shape index (κ2) is 11.1. The second-order valence-corrected chi connectivity index (χ2v) is 9.99. The predicted molar refractivity (Wildman–Crippen MR) is 159 cm³/mol. The molecule has 7 nitrogen and oxygen atoms in total. The first kappa shape index (κ1) is 26.8. The van der Waals surface area contributed by atoms with E-state index >= 15 is 0 Å². The first-order valence-electron chi connectivity index (χ1n) is 13.4. The maximum absolute atomic E-state index is 13.7. The van der Waals surface area contributed by atoms with E-state index in [0.29, 0.717) is 23.3 Å². The Hall–Kier alpha value is -4.78. The summed E-state index contributed by atoms with van der Waals surface area (Å²) in [5.74, 6) is -0.706. The van der Waals surface area contributed by atoms with Crippen LogP contribution in [0.2, 0.25) is 0 Å². The van der Waals surface area contributed by atoms with Crippen molar-refractivity contribution in [3.8, 4) is 0 Å². The number of aryl methyl sites for hydroxylation is 1. The molecular weight excluding hydrogens is 502 g/mol. The predicted octanol–water partition coefficient (Wildman–Crippen LogP) is 6.38. The van der Waals surface area contributed by atoms with Gasteiger partial charge in [-0.3, -0.25) is 9.59 Å².